The standard InChI is InChI=1S/C33H44N2O5/c1-3-4-5-6-7-8-19-38-30-16-12-26(13-17-30)33(37)40-31-14-9-25(10-15-31)11-18-32(36)39-23-24(2)27-20-28(34)22-29(35)21-27/h3,9-11,14-15,18,20-22,24,26,30H,1,4-8,12-13,16-17,19,23,34-35H2,2H3/b18-11+. The van der Waals surface area contributed by atoms with Crippen molar-refractivity contribution in [2.45, 2.75) is 76.7 Å². The van der Waals surface area contributed by atoms with Crippen molar-refractivity contribution in [3.8, 4) is 5.75 Å². The van der Waals surface area contributed by atoms with E-state index < -0.39 is 5.97 Å². The van der Waals surface area contributed by atoms with Crippen LogP contribution in [0, 0.1) is 5.92 Å². The highest BCUT2D eigenvalue weighted by Gasteiger charge is 2.28. The minimum Gasteiger partial charge on any atom is -0.462 e. The third-order valence-electron chi connectivity index (χ3n) is 7.22. The predicted octanol–water partition coefficient (Wildman–Crippen LogP) is 6.83. The molecule has 2 aromatic rings. The molecule has 0 saturated heterocycles. The van der Waals surface area contributed by atoms with Gasteiger partial charge in [0.2, 0.25) is 0 Å². The number of benzene rings is 2. The number of nitrogens with two attached hydrogens (primary N) is 2. The lowest BCUT2D eigenvalue weighted by Gasteiger charge is -2.27. The molecule has 1 aliphatic rings. The fourth-order valence-corrected chi connectivity index (χ4v) is 4.81. The van der Waals surface area contributed by atoms with Gasteiger partial charge in [0.1, 0.15) is 5.75 Å². The molecule has 0 aliphatic heterocycles. The molecule has 1 fully saturated rings. The number of carbonyl (C=O) groups is 2. The second kappa shape index (κ2) is 16.5. The fourth-order valence-electron chi connectivity index (χ4n) is 4.81. The minimum atomic E-state index is -0.442. The number of carbonyl (C=O) groups excluding carboxylic acids is 2. The molecule has 0 spiro atoms. The topological polar surface area (TPSA) is 114 Å². The molecule has 3 rings (SSSR count). The van der Waals surface area contributed by atoms with Crippen LogP contribution in [0.4, 0.5) is 11.4 Å². The van der Waals surface area contributed by atoms with E-state index in [9.17, 15) is 9.59 Å². The Kier molecular flexibility index (Phi) is 12.8. The first-order valence-electron chi connectivity index (χ1n) is 14.4. The molecule has 2 aromatic carbocycles. The third-order valence-corrected chi connectivity index (χ3v) is 7.22. The Bertz CT molecular complexity index is 1100. The molecule has 1 atom stereocenters. The Balaban J connectivity index is 1.34. The summed E-state index contributed by atoms with van der Waals surface area (Å²) < 4.78 is 17.0. The maximum atomic E-state index is 12.7. The van der Waals surface area contributed by atoms with Gasteiger partial charge in [-0.05, 0) is 92.5 Å². The Morgan fingerprint density at radius 1 is 0.975 bits per heavy atom. The SMILES string of the molecule is C=CCCCCCCOC1CCC(C(=O)Oc2ccc(/C=C/C(=O)OCC(C)c3cc(N)cc(N)c3)cc2)CC1. The summed E-state index contributed by atoms with van der Waals surface area (Å²) in [6.45, 7) is 6.71. The molecule has 7 nitrogen and oxygen atoms in total. The number of ether oxygens (including phenoxy) is 3. The van der Waals surface area contributed by atoms with Gasteiger partial charge in [-0.1, -0.05) is 38.0 Å². The number of nitrogen functional groups attached to an aromatic ring is 2. The van der Waals surface area contributed by atoms with Gasteiger partial charge < -0.3 is 25.7 Å². The second-order valence-corrected chi connectivity index (χ2v) is 10.6. The lowest BCUT2D eigenvalue weighted by Crippen LogP contribution is -2.29. The van der Waals surface area contributed by atoms with Crippen molar-refractivity contribution in [1.82, 2.24) is 0 Å². The largest absolute Gasteiger partial charge is 0.462 e. The van der Waals surface area contributed by atoms with Crippen LogP contribution in [0.2, 0.25) is 0 Å². The highest BCUT2D eigenvalue weighted by molar-refractivity contribution is 5.87. The minimum absolute atomic E-state index is 0.0397. The monoisotopic (exact) mass is 548 g/mol. The number of hydrogen-bond acceptors (Lipinski definition) is 7. The van der Waals surface area contributed by atoms with Crippen molar-refractivity contribution in [3.63, 3.8) is 0 Å². The van der Waals surface area contributed by atoms with Crippen molar-refractivity contribution in [3.05, 3.63) is 72.3 Å². The number of unbranched alkanes of at least 4 members (excludes halogenated alkanes) is 4. The van der Waals surface area contributed by atoms with Gasteiger partial charge in [0, 0.05) is 30.0 Å². The second-order valence-electron chi connectivity index (χ2n) is 10.6. The molecule has 1 aliphatic carbocycles. The number of hydrogen-bond donors (Lipinski definition) is 2. The Morgan fingerprint density at radius 3 is 2.33 bits per heavy atom. The molecular weight excluding hydrogens is 504 g/mol. The molecule has 7 heteroatoms. The van der Waals surface area contributed by atoms with Crippen molar-refractivity contribution in [2.24, 2.45) is 5.92 Å². The number of anilines is 2. The molecule has 0 radical (unpaired) electrons. The third kappa shape index (κ3) is 10.9. The van der Waals surface area contributed by atoms with Crippen LogP contribution in [-0.2, 0) is 19.1 Å². The van der Waals surface area contributed by atoms with E-state index in [0.717, 1.165) is 56.3 Å². The smallest absolute Gasteiger partial charge is 0.330 e. The van der Waals surface area contributed by atoms with Gasteiger partial charge in [-0.15, -0.1) is 6.58 Å². The van der Waals surface area contributed by atoms with Crippen molar-refractivity contribution in [1.29, 1.82) is 0 Å². The van der Waals surface area contributed by atoms with Crippen LogP contribution in [0.15, 0.2) is 61.2 Å². The zero-order valence-corrected chi connectivity index (χ0v) is 23.7. The fraction of sp³-hybridized carbons (Fsp3) is 0.455. The number of rotatable bonds is 15. The van der Waals surface area contributed by atoms with Crippen LogP contribution in [-0.4, -0.2) is 31.3 Å². The summed E-state index contributed by atoms with van der Waals surface area (Å²) in [7, 11) is 0. The van der Waals surface area contributed by atoms with E-state index in [-0.39, 0.29) is 30.5 Å². The summed E-state index contributed by atoms with van der Waals surface area (Å²) in [6.07, 6.45) is 14.4. The maximum absolute atomic E-state index is 12.7. The Labute approximate surface area is 238 Å². The first-order chi connectivity index (χ1) is 19.3. The average molecular weight is 549 g/mol. The molecule has 0 aromatic heterocycles. The van der Waals surface area contributed by atoms with E-state index in [1.807, 2.05) is 25.1 Å². The highest BCUT2D eigenvalue weighted by Crippen LogP contribution is 2.28. The van der Waals surface area contributed by atoms with E-state index in [1.165, 1.54) is 25.3 Å². The van der Waals surface area contributed by atoms with Gasteiger partial charge in [0.05, 0.1) is 18.6 Å². The first kappa shape index (κ1) is 31.0. The van der Waals surface area contributed by atoms with Crippen LogP contribution in [0.1, 0.15) is 81.8 Å². The van der Waals surface area contributed by atoms with Gasteiger partial charge in [0.15, 0.2) is 0 Å². The van der Waals surface area contributed by atoms with Crippen molar-refractivity contribution < 1.29 is 23.8 Å². The Hall–Kier alpha value is -3.58. The Morgan fingerprint density at radius 2 is 1.65 bits per heavy atom. The van der Waals surface area contributed by atoms with E-state index in [0.29, 0.717) is 17.1 Å². The summed E-state index contributed by atoms with van der Waals surface area (Å²) in [5.41, 5.74) is 14.6. The molecule has 216 valence electrons. The summed E-state index contributed by atoms with van der Waals surface area (Å²) in [5, 5.41) is 0. The highest BCUT2D eigenvalue weighted by atomic mass is 16.5. The molecular formula is C33H44N2O5. The lowest BCUT2D eigenvalue weighted by molar-refractivity contribution is -0.141. The van der Waals surface area contributed by atoms with E-state index in [2.05, 4.69) is 6.58 Å². The van der Waals surface area contributed by atoms with Crippen LogP contribution < -0.4 is 16.2 Å². The van der Waals surface area contributed by atoms with Crippen LogP contribution >= 0.6 is 0 Å². The molecule has 0 amide bonds. The average Bonchev–Trinajstić information content (AvgIpc) is 2.94. The number of esters is 2. The van der Waals surface area contributed by atoms with Crippen LogP contribution in [0.5, 0.6) is 5.75 Å². The maximum Gasteiger partial charge on any atom is 0.330 e. The summed E-state index contributed by atoms with van der Waals surface area (Å²) in [5.74, 6) is -0.276. The quantitative estimate of drug-likeness (QED) is 0.0626. The van der Waals surface area contributed by atoms with E-state index in [1.54, 1.807) is 36.4 Å². The van der Waals surface area contributed by atoms with Crippen LogP contribution in [0.3, 0.4) is 0 Å². The summed E-state index contributed by atoms with van der Waals surface area (Å²) >= 11 is 0. The lowest BCUT2D eigenvalue weighted by atomic mass is 9.87. The molecule has 1 unspecified atom stereocenters. The zero-order valence-electron chi connectivity index (χ0n) is 23.7. The van der Waals surface area contributed by atoms with Gasteiger partial charge in [0.25, 0.3) is 0 Å². The van der Waals surface area contributed by atoms with Gasteiger partial charge in [-0.2, -0.15) is 0 Å². The van der Waals surface area contributed by atoms with Gasteiger partial charge in [-0.25, -0.2) is 4.79 Å². The van der Waals surface area contributed by atoms with Crippen molar-refractivity contribution in [2.75, 3.05) is 24.7 Å². The summed E-state index contributed by atoms with van der Waals surface area (Å²) in [6, 6.07) is 12.4. The first-order valence-corrected chi connectivity index (χ1v) is 14.4. The van der Waals surface area contributed by atoms with Crippen LogP contribution in [0.25, 0.3) is 6.08 Å². The van der Waals surface area contributed by atoms with Crippen molar-refractivity contribution >= 4 is 29.4 Å². The molecule has 0 heterocycles. The van der Waals surface area contributed by atoms with E-state index in [4.69, 9.17) is 25.7 Å². The predicted molar refractivity (Wildman–Crippen MR) is 161 cm³/mol. The molecule has 1 saturated carbocycles. The molecule has 0 bridgehead atoms. The summed E-state index contributed by atoms with van der Waals surface area (Å²) in [4.78, 5) is 24.8. The number of allylic oxidation sites excluding steroid dienone is 1. The zero-order chi connectivity index (χ0) is 28.7. The van der Waals surface area contributed by atoms with Gasteiger partial charge in [-0.3, -0.25) is 4.79 Å². The molecule has 40 heavy (non-hydrogen) atoms. The van der Waals surface area contributed by atoms with Gasteiger partial charge >= 0.3 is 11.9 Å². The van der Waals surface area contributed by atoms with E-state index >= 15 is 0 Å². The normalized spacial score (nSPS) is 17.8. The molecule has 4 N–H and O–H groups in total.